The fourth-order valence-corrected chi connectivity index (χ4v) is 5.09. The molecule has 0 atom stereocenters. The van der Waals surface area contributed by atoms with Crippen LogP contribution in [-0.2, 0) is 19.4 Å². The SMILES string of the molecule is CCCCCNC(=O)c1ccc(CNc2ncnc3sc4c(c23)CCCC4)cc1. The molecule has 2 heterocycles. The molecule has 152 valence electrons. The van der Waals surface area contributed by atoms with Crippen molar-refractivity contribution in [2.75, 3.05) is 11.9 Å². The predicted octanol–water partition coefficient (Wildman–Crippen LogP) is 5.10. The summed E-state index contributed by atoms with van der Waals surface area (Å²) < 4.78 is 0. The molecule has 1 amide bonds. The van der Waals surface area contributed by atoms with Gasteiger partial charge in [-0.15, -0.1) is 11.3 Å². The van der Waals surface area contributed by atoms with Gasteiger partial charge in [-0.2, -0.15) is 0 Å². The number of aromatic nitrogens is 2. The van der Waals surface area contributed by atoms with Crippen LogP contribution >= 0.6 is 11.3 Å². The number of aryl methyl sites for hydroxylation is 2. The van der Waals surface area contributed by atoms with Gasteiger partial charge in [0.25, 0.3) is 5.91 Å². The topological polar surface area (TPSA) is 66.9 Å². The van der Waals surface area contributed by atoms with Gasteiger partial charge in [0.05, 0.1) is 5.39 Å². The minimum Gasteiger partial charge on any atom is -0.365 e. The number of anilines is 1. The van der Waals surface area contributed by atoms with Crippen LogP contribution in [0.5, 0.6) is 0 Å². The molecule has 6 heteroatoms. The molecule has 1 aliphatic rings. The van der Waals surface area contributed by atoms with E-state index in [4.69, 9.17) is 0 Å². The molecule has 2 aromatic heterocycles. The van der Waals surface area contributed by atoms with Crippen molar-refractivity contribution in [3.8, 4) is 0 Å². The Balaban J connectivity index is 1.41. The molecule has 1 aromatic carbocycles. The van der Waals surface area contributed by atoms with Gasteiger partial charge < -0.3 is 10.6 Å². The van der Waals surface area contributed by atoms with Crippen LogP contribution in [0.2, 0.25) is 0 Å². The van der Waals surface area contributed by atoms with E-state index in [1.165, 1.54) is 28.7 Å². The van der Waals surface area contributed by atoms with Crippen molar-refractivity contribution in [1.82, 2.24) is 15.3 Å². The van der Waals surface area contributed by atoms with Gasteiger partial charge in [0.15, 0.2) is 0 Å². The van der Waals surface area contributed by atoms with E-state index in [0.717, 1.165) is 54.9 Å². The minimum atomic E-state index is 0.00280. The number of unbranched alkanes of at least 4 members (excludes halogenated alkanes) is 2. The summed E-state index contributed by atoms with van der Waals surface area (Å²) >= 11 is 1.81. The van der Waals surface area contributed by atoms with Crippen molar-refractivity contribution in [2.45, 2.75) is 58.4 Å². The summed E-state index contributed by atoms with van der Waals surface area (Å²) in [7, 11) is 0. The first-order valence-corrected chi connectivity index (χ1v) is 11.4. The van der Waals surface area contributed by atoms with E-state index in [-0.39, 0.29) is 5.91 Å². The number of thiophene rings is 1. The zero-order valence-corrected chi connectivity index (χ0v) is 17.8. The van der Waals surface area contributed by atoms with Gasteiger partial charge in [-0.3, -0.25) is 4.79 Å². The first-order chi connectivity index (χ1) is 14.3. The monoisotopic (exact) mass is 408 g/mol. The lowest BCUT2D eigenvalue weighted by atomic mass is 9.97. The lowest BCUT2D eigenvalue weighted by molar-refractivity contribution is 0.0953. The van der Waals surface area contributed by atoms with Crippen molar-refractivity contribution in [1.29, 1.82) is 0 Å². The zero-order valence-electron chi connectivity index (χ0n) is 17.0. The average Bonchev–Trinajstić information content (AvgIpc) is 3.15. The Labute approximate surface area is 176 Å². The molecule has 0 spiro atoms. The standard InChI is InChI=1S/C23H28N4OS/c1-2-3-6-13-24-22(28)17-11-9-16(10-12-17)14-25-21-20-18-7-4-5-8-19(18)29-23(20)27-15-26-21/h9-12,15H,2-8,13-14H2,1H3,(H,24,28)(H,25,26,27). The molecule has 29 heavy (non-hydrogen) atoms. The van der Waals surface area contributed by atoms with Gasteiger partial charge in [0.1, 0.15) is 17.0 Å². The predicted molar refractivity (Wildman–Crippen MR) is 120 cm³/mol. The first-order valence-electron chi connectivity index (χ1n) is 10.6. The summed E-state index contributed by atoms with van der Waals surface area (Å²) in [6.45, 7) is 3.58. The highest BCUT2D eigenvalue weighted by atomic mass is 32.1. The van der Waals surface area contributed by atoms with Crippen LogP contribution in [0.25, 0.3) is 10.2 Å². The Morgan fingerprint density at radius 3 is 2.76 bits per heavy atom. The second-order valence-electron chi connectivity index (χ2n) is 7.63. The van der Waals surface area contributed by atoms with E-state index in [1.54, 1.807) is 6.33 Å². The molecule has 4 rings (SSSR count). The second kappa shape index (κ2) is 9.35. The normalized spacial score (nSPS) is 13.3. The molecule has 0 aliphatic heterocycles. The van der Waals surface area contributed by atoms with Crippen molar-refractivity contribution < 1.29 is 4.79 Å². The van der Waals surface area contributed by atoms with E-state index in [9.17, 15) is 4.79 Å². The Hall–Kier alpha value is -2.47. The van der Waals surface area contributed by atoms with Crippen LogP contribution in [0.3, 0.4) is 0 Å². The second-order valence-corrected chi connectivity index (χ2v) is 8.71. The average molecular weight is 409 g/mol. The molecule has 1 aliphatic carbocycles. The maximum absolute atomic E-state index is 12.2. The highest BCUT2D eigenvalue weighted by Gasteiger charge is 2.19. The highest BCUT2D eigenvalue weighted by molar-refractivity contribution is 7.19. The molecule has 0 saturated carbocycles. The van der Waals surface area contributed by atoms with Gasteiger partial charge in [-0.25, -0.2) is 9.97 Å². The van der Waals surface area contributed by atoms with Crippen LogP contribution in [0.15, 0.2) is 30.6 Å². The largest absolute Gasteiger partial charge is 0.365 e. The van der Waals surface area contributed by atoms with E-state index >= 15 is 0 Å². The van der Waals surface area contributed by atoms with Crippen LogP contribution < -0.4 is 10.6 Å². The third kappa shape index (κ3) is 4.58. The number of fused-ring (bicyclic) bond motifs is 3. The maximum Gasteiger partial charge on any atom is 0.251 e. The van der Waals surface area contributed by atoms with Crippen LogP contribution in [-0.4, -0.2) is 22.4 Å². The highest BCUT2D eigenvalue weighted by Crippen LogP contribution is 2.38. The lowest BCUT2D eigenvalue weighted by Gasteiger charge is -2.12. The Kier molecular flexibility index (Phi) is 6.39. The molecular weight excluding hydrogens is 380 g/mol. The number of hydrogen-bond acceptors (Lipinski definition) is 5. The molecule has 0 unspecified atom stereocenters. The fourth-order valence-electron chi connectivity index (χ4n) is 3.86. The number of carbonyl (C=O) groups is 1. The van der Waals surface area contributed by atoms with E-state index in [0.29, 0.717) is 12.1 Å². The van der Waals surface area contributed by atoms with Crippen molar-refractivity contribution in [3.05, 3.63) is 52.2 Å². The first kappa shape index (κ1) is 19.8. The van der Waals surface area contributed by atoms with Gasteiger partial charge in [-0.05, 0) is 55.4 Å². The lowest BCUT2D eigenvalue weighted by Crippen LogP contribution is -2.24. The summed E-state index contributed by atoms with van der Waals surface area (Å²) in [5, 5.41) is 7.68. The molecule has 0 radical (unpaired) electrons. The fraction of sp³-hybridized carbons (Fsp3) is 0.435. The summed E-state index contributed by atoms with van der Waals surface area (Å²) in [5.41, 5.74) is 3.28. The molecule has 0 saturated heterocycles. The van der Waals surface area contributed by atoms with Crippen molar-refractivity contribution in [3.63, 3.8) is 0 Å². The number of nitrogens with zero attached hydrogens (tertiary/aromatic N) is 2. The number of benzene rings is 1. The van der Waals surface area contributed by atoms with E-state index in [2.05, 4.69) is 27.5 Å². The number of hydrogen-bond donors (Lipinski definition) is 2. The van der Waals surface area contributed by atoms with Crippen LogP contribution in [0.1, 0.15) is 65.4 Å². The molecule has 0 bridgehead atoms. The van der Waals surface area contributed by atoms with Gasteiger partial charge in [0, 0.05) is 23.5 Å². The third-order valence-electron chi connectivity index (χ3n) is 5.49. The van der Waals surface area contributed by atoms with Gasteiger partial charge in [-0.1, -0.05) is 31.9 Å². The van der Waals surface area contributed by atoms with Crippen molar-refractivity contribution >= 4 is 33.3 Å². The Morgan fingerprint density at radius 2 is 1.93 bits per heavy atom. The van der Waals surface area contributed by atoms with Crippen LogP contribution in [0, 0.1) is 0 Å². The summed E-state index contributed by atoms with van der Waals surface area (Å²) in [4.78, 5) is 23.8. The molecule has 5 nitrogen and oxygen atoms in total. The molecule has 3 aromatic rings. The molecular formula is C23H28N4OS. The molecule has 0 fully saturated rings. The minimum absolute atomic E-state index is 0.00280. The summed E-state index contributed by atoms with van der Waals surface area (Å²) in [5.74, 6) is 0.926. The number of rotatable bonds is 8. The number of nitrogens with one attached hydrogen (secondary N) is 2. The summed E-state index contributed by atoms with van der Waals surface area (Å²) in [6.07, 6.45) is 9.79. The summed E-state index contributed by atoms with van der Waals surface area (Å²) in [6, 6.07) is 7.81. The van der Waals surface area contributed by atoms with Crippen molar-refractivity contribution in [2.24, 2.45) is 0 Å². The number of amides is 1. The molecule has 2 N–H and O–H groups in total. The van der Waals surface area contributed by atoms with E-state index < -0.39 is 0 Å². The van der Waals surface area contributed by atoms with Gasteiger partial charge in [0.2, 0.25) is 0 Å². The third-order valence-corrected chi connectivity index (χ3v) is 6.69. The number of carbonyl (C=O) groups excluding carboxylic acids is 1. The van der Waals surface area contributed by atoms with E-state index in [1.807, 2.05) is 35.6 Å². The Bertz CT molecular complexity index is 980. The van der Waals surface area contributed by atoms with Crippen LogP contribution in [0.4, 0.5) is 5.82 Å². The van der Waals surface area contributed by atoms with Gasteiger partial charge >= 0.3 is 0 Å². The zero-order chi connectivity index (χ0) is 20.1. The maximum atomic E-state index is 12.2. The quantitative estimate of drug-likeness (QED) is 0.509. The Morgan fingerprint density at radius 1 is 1.10 bits per heavy atom. The smallest absolute Gasteiger partial charge is 0.251 e.